The standard InChI is InChI=1S/C16H22N2O3/c1-3-4-5-6-13(2)17-16(19)12-9-14-7-10-15(11-8-14)18(20)21/h7-13H,3-6H2,1-2H3,(H,17,19)/b12-9+/t13-/m0/s1. The van der Waals surface area contributed by atoms with Crippen LogP contribution in [0.3, 0.4) is 0 Å². The second-order valence-electron chi connectivity index (χ2n) is 5.09. The predicted octanol–water partition coefficient (Wildman–Crippen LogP) is 3.69. The number of nitro groups is 1. The average molecular weight is 290 g/mol. The van der Waals surface area contributed by atoms with Crippen molar-refractivity contribution < 1.29 is 9.72 Å². The van der Waals surface area contributed by atoms with Crippen molar-refractivity contribution in [2.75, 3.05) is 0 Å². The minimum absolute atomic E-state index is 0.0427. The van der Waals surface area contributed by atoms with Gasteiger partial charge in [-0.15, -0.1) is 0 Å². The van der Waals surface area contributed by atoms with Crippen LogP contribution >= 0.6 is 0 Å². The molecule has 1 rings (SSSR count). The molecule has 21 heavy (non-hydrogen) atoms. The highest BCUT2D eigenvalue weighted by atomic mass is 16.6. The lowest BCUT2D eigenvalue weighted by Crippen LogP contribution is -2.30. The first-order chi connectivity index (χ1) is 10.0. The predicted molar refractivity (Wildman–Crippen MR) is 83.9 cm³/mol. The molecule has 5 nitrogen and oxygen atoms in total. The molecule has 0 aliphatic heterocycles. The van der Waals surface area contributed by atoms with Gasteiger partial charge in [-0.1, -0.05) is 26.2 Å². The van der Waals surface area contributed by atoms with Crippen molar-refractivity contribution in [3.05, 3.63) is 46.0 Å². The molecule has 0 saturated heterocycles. The van der Waals surface area contributed by atoms with Gasteiger partial charge in [-0.3, -0.25) is 14.9 Å². The van der Waals surface area contributed by atoms with Crippen LogP contribution in [0.2, 0.25) is 0 Å². The molecule has 1 amide bonds. The van der Waals surface area contributed by atoms with Crippen LogP contribution in [0.15, 0.2) is 30.3 Å². The first-order valence-corrected chi connectivity index (χ1v) is 7.26. The fourth-order valence-corrected chi connectivity index (χ4v) is 1.94. The zero-order chi connectivity index (χ0) is 15.7. The van der Waals surface area contributed by atoms with Crippen LogP contribution in [0.4, 0.5) is 5.69 Å². The van der Waals surface area contributed by atoms with Gasteiger partial charge >= 0.3 is 0 Å². The highest BCUT2D eigenvalue weighted by Gasteiger charge is 2.05. The van der Waals surface area contributed by atoms with Crippen LogP contribution in [0.5, 0.6) is 0 Å². The summed E-state index contributed by atoms with van der Waals surface area (Å²) in [4.78, 5) is 21.8. The molecule has 1 aromatic rings. The van der Waals surface area contributed by atoms with Crippen molar-refractivity contribution in [1.82, 2.24) is 5.32 Å². The van der Waals surface area contributed by atoms with Crippen molar-refractivity contribution in [3.8, 4) is 0 Å². The molecule has 0 spiro atoms. The van der Waals surface area contributed by atoms with E-state index in [1.807, 2.05) is 6.92 Å². The monoisotopic (exact) mass is 290 g/mol. The number of carbonyl (C=O) groups is 1. The number of amides is 1. The smallest absolute Gasteiger partial charge is 0.269 e. The normalized spacial score (nSPS) is 12.3. The number of unbranched alkanes of at least 4 members (excludes halogenated alkanes) is 2. The minimum Gasteiger partial charge on any atom is -0.350 e. The first-order valence-electron chi connectivity index (χ1n) is 7.26. The summed E-state index contributed by atoms with van der Waals surface area (Å²) in [6.07, 6.45) is 7.55. The minimum atomic E-state index is -0.446. The molecular weight excluding hydrogens is 268 g/mol. The number of nitrogens with one attached hydrogen (secondary N) is 1. The van der Waals surface area contributed by atoms with Gasteiger partial charge in [0.25, 0.3) is 5.69 Å². The maximum absolute atomic E-state index is 11.7. The summed E-state index contributed by atoms with van der Waals surface area (Å²) >= 11 is 0. The molecule has 114 valence electrons. The Hall–Kier alpha value is -2.17. The number of nitro benzene ring substituents is 1. The van der Waals surface area contributed by atoms with Crippen molar-refractivity contribution in [3.63, 3.8) is 0 Å². The molecule has 0 radical (unpaired) electrons. The van der Waals surface area contributed by atoms with Crippen molar-refractivity contribution >= 4 is 17.7 Å². The molecule has 0 aliphatic carbocycles. The highest BCUT2D eigenvalue weighted by Crippen LogP contribution is 2.12. The first kappa shape index (κ1) is 16.9. The number of carbonyl (C=O) groups excluding carboxylic acids is 1. The molecule has 0 unspecified atom stereocenters. The molecule has 0 aromatic heterocycles. The van der Waals surface area contributed by atoms with E-state index in [9.17, 15) is 14.9 Å². The van der Waals surface area contributed by atoms with Crippen LogP contribution in [0.1, 0.15) is 45.1 Å². The zero-order valence-corrected chi connectivity index (χ0v) is 12.5. The molecule has 0 saturated carbocycles. The van der Waals surface area contributed by atoms with Crippen LogP contribution in [0, 0.1) is 10.1 Å². The van der Waals surface area contributed by atoms with E-state index in [0.29, 0.717) is 0 Å². The SMILES string of the molecule is CCCCC[C@H](C)NC(=O)/C=C/c1ccc([N+](=O)[O-])cc1. The lowest BCUT2D eigenvalue weighted by molar-refractivity contribution is -0.384. The van der Waals surface area contributed by atoms with Gasteiger partial charge in [-0.05, 0) is 37.1 Å². The summed E-state index contributed by atoms with van der Waals surface area (Å²) < 4.78 is 0. The Bertz CT molecular complexity index is 495. The Labute approximate surface area is 125 Å². The lowest BCUT2D eigenvalue weighted by atomic mass is 10.1. The lowest BCUT2D eigenvalue weighted by Gasteiger charge is -2.11. The van der Waals surface area contributed by atoms with Crippen LogP contribution < -0.4 is 5.32 Å². The van der Waals surface area contributed by atoms with Crippen LogP contribution in [-0.2, 0) is 4.79 Å². The summed E-state index contributed by atoms with van der Waals surface area (Å²) in [5.74, 6) is -0.141. The quantitative estimate of drug-likeness (QED) is 0.343. The fraction of sp³-hybridized carbons (Fsp3) is 0.438. The van der Waals surface area contributed by atoms with E-state index in [4.69, 9.17) is 0 Å². The van der Waals surface area contributed by atoms with Gasteiger partial charge in [-0.2, -0.15) is 0 Å². The Kier molecular flexibility index (Phi) is 7.15. The van der Waals surface area contributed by atoms with E-state index in [-0.39, 0.29) is 17.6 Å². The van der Waals surface area contributed by atoms with Crippen molar-refractivity contribution in [2.45, 2.75) is 45.6 Å². The Morgan fingerprint density at radius 1 is 1.33 bits per heavy atom. The number of hydrogen-bond acceptors (Lipinski definition) is 3. The van der Waals surface area contributed by atoms with E-state index < -0.39 is 4.92 Å². The summed E-state index contributed by atoms with van der Waals surface area (Å²) in [7, 11) is 0. The third-order valence-corrected chi connectivity index (χ3v) is 3.16. The molecule has 0 aliphatic rings. The maximum Gasteiger partial charge on any atom is 0.269 e. The fourth-order valence-electron chi connectivity index (χ4n) is 1.94. The Balaban J connectivity index is 2.44. The van der Waals surface area contributed by atoms with E-state index >= 15 is 0 Å². The molecule has 0 heterocycles. The van der Waals surface area contributed by atoms with Crippen LogP contribution in [0.25, 0.3) is 6.08 Å². The third kappa shape index (κ3) is 6.70. The largest absolute Gasteiger partial charge is 0.350 e. The molecule has 1 atom stereocenters. The molecule has 1 N–H and O–H groups in total. The summed E-state index contributed by atoms with van der Waals surface area (Å²) in [5.41, 5.74) is 0.801. The van der Waals surface area contributed by atoms with Crippen LogP contribution in [-0.4, -0.2) is 16.9 Å². The van der Waals surface area contributed by atoms with Crippen molar-refractivity contribution in [2.24, 2.45) is 0 Å². The molecular formula is C16H22N2O3. The Morgan fingerprint density at radius 2 is 2.00 bits per heavy atom. The number of rotatable bonds is 8. The summed E-state index contributed by atoms with van der Waals surface area (Å²) in [6.45, 7) is 4.14. The van der Waals surface area contributed by atoms with Gasteiger partial charge < -0.3 is 5.32 Å². The van der Waals surface area contributed by atoms with Gasteiger partial charge in [0, 0.05) is 24.3 Å². The van der Waals surface area contributed by atoms with Gasteiger partial charge in [0.1, 0.15) is 0 Å². The van der Waals surface area contributed by atoms with Gasteiger partial charge in [-0.25, -0.2) is 0 Å². The molecule has 0 bridgehead atoms. The zero-order valence-electron chi connectivity index (χ0n) is 12.5. The summed E-state index contributed by atoms with van der Waals surface area (Å²) in [6, 6.07) is 6.24. The van der Waals surface area contributed by atoms with Crippen molar-refractivity contribution in [1.29, 1.82) is 0 Å². The second kappa shape index (κ2) is 8.89. The Morgan fingerprint density at radius 3 is 2.57 bits per heavy atom. The van der Waals surface area contributed by atoms with Gasteiger partial charge in [0.2, 0.25) is 5.91 Å². The van der Waals surface area contributed by atoms with E-state index in [1.54, 1.807) is 18.2 Å². The average Bonchev–Trinajstić information content (AvgIpc) is 2.46. The second-order valence-corrected chi connectivity index (χ2v) is 5.09. The number of nitrogens with zero attached hydrogens (tertiary/aromatic N) is 1. The molecule has 0 fully saturated rings. The number of benzene rings is 1. The number of non-ortho nitro benzene ring substituents is 1. The van der Waals surface area contributed by atoms with E-state index in [1.165, 1.54) is 31.1 Å². The van der Waals surface area contributed by atoms with Gasteiger partial charge in [0.05, 0.1) is 4.92 Å². The number of hydrogen-bond donors (Lipinski definition) is 1. The highest BCUT2D eigenvalue weighted by molar-refractivity contribution is 5.91. The maximum atomic E-state index is 11.7. The molecule has 1 aromatic carbocycles. The molecule has 5 heteroatoms. The van der Waals surface area contributed by atoms with Gasteiger partial charge in [0.15, 0.2) is 0 Å². The van der Waals surface area contributed by atoms with E-state index in [0.717, 1.165) is 18.4 Å². The third-order valence-electron chi connectivity index (χ3n) is 3.16. The topological polar surface area (TPSA) is 72.2 Å². The van der Waals surface area contributed by atoms with E-state index in [2.05, 4.69) is 12.2 Å². The summed E-state index contributed by atoms with van der Waals surface area (Å²) in [5, 5.41) is 13.4.